The van der Waals surface area contributed by atoms with Gasteiger partial charge in [-0.3, -0.25) is 4.98 Å². The fraction of sp³-hybridized carbons (Fsp3) is 0. The maximum atomic E-state index is 4.31. The molecule has 0 amide bonds. The molecule has 7 heteroatoms. The molecule has 0 aliphatic carbocycles. The van der Waals surface area contributed by atoms with Gasteiger partial charge in [-0.2, -0.15) is 0 Å². The van der Waals surface area contributed by atoms with Crippen LogP contribution in [0.2, 0.25) is 0 Å². The highest BCUT2D eigenvalue weighted by Gasteiger charge is 2.10. The quantitative estimate of drug-likeness (QED) is 0.650. The molecule has 3 aromatic heterocycles. The molecule has 3 rings (SSSR count). The van der Waals surface area contributed by atoms with Gasteiger partial charge in [-0.15, -0.1) is 20.4 Å². The predicted molar refractivity (Wildman–Crippen MR) is 61.9 cm³/mol. The zero-order valence-electron chi connectivity index (χ0n) is 9.17. The van der Waals surface area contributed by atoms with E-state index in [2.05, 4.69) is 35.8 Å². The van der Waals surface area contributed by atoms with Crippen LogP contribution >= 0.6 is 0 Å². The largest absolute Gasteiger partial charge is 0.254 e. The van der Waals surface area contributed by atoms with Gasteiger partial charge in [0.2, 0.25) is 0 Å². The number of nitrogens with zero attached hydrogens (tertiary/aromatic N) is 7. The molecule has 86 valence electrons. The van der Waals surface area contributed by atoms with E-state index in [1.165, 1.54) is 0 Å². The SMILES string of the molecule is c1cnc(-c2ccnnn2)c(-c2ccnnn2)c1. The van der Waals surface area contributed by atoms with Crippen LogP contribution in [0.15, 0.2) is 42.9 Å². The average Bonchev–Trinajstić information content (AvgIpc) is 2.49. The fourth-order valence-corrected chi connectivity index (χ4v) is 1.57. The summed E-state index contributed by atoms with van der Waals surface area (Å²) in [4.78, 5) is 4.31. The van der Waals surface area contributed by atoms with E-state index >= 15 is 0 Å². The Bertz CT molecular complexity index is 583. The third-order valence-corrected chi connectivity index (χ3v) is 2.33. The third kappa shape index (κ3) is 1.88. The van der Waals surface area contributed by atoms with E-state index in [1.807, 2.05) is 12.1 Å². The van der Waals surface area contributed by atoms with Gasteiger partial charge in [0.15, 0.2) is 0 Å². The summed E-state index contributed by atoms with van der Waals surface area (Å²) in [6.07, 6.45) is 4.84. The first-order chi connectivity index (χ1) is 8.95. The number of hydrogen-bond donors (Lipinski definition) is 0. The normalized spacial score (nSPS) is 10.2. The van der Waals surface area contributed by atoms with Crippen molar-refractivity contribution in [2.24, 2.45) is 0 Å². The van der Waals surface area contributed by atoms with Gasteiger partial charge in [-0.05, 0) is 34.7 Å². The molecule has 18 heavy (non-hydrogen) atoms. The van der Waals surface area contributed by atoms with Gasteiger partial charge in [0.1, 0.15) is 11.4 Å². The van der Waals surface area contributed by atoms with E-state index in [9.17, 15) is 0 Å². The summed E-state index contributed by atoms with van der Waals surface area (Å²) < 4.78 is 0. The zero-order valence-corrected chi connectivity index (χ0v) is 9.17. The highest BCUT2D eigenvalue weighted by molar-refractivity contribution is 5.76. The molecule has 0 unspecified atom stereocenters. The highest BCUT2D eigenvalue weighted by Crippen LogP contribution is 2.25. The lowest BCUT2D eigenvalue weighted by Crippen LogP contribution is -1.96. The lowest BCUT2D eigenvalue weighted by molar-refractivity contribution is 0.863. The summed E-state index contributed by atoms with van der Waals surface area (Å²) >= 11 is 0. The van der Waals surface area contributed by atoms with Crippen LogP contribution in [0, 0.1) is 0 Å². The topological polar surface area (TPSA) is 90.2 Å². The second-order valence-electron chi connectivity index (χ2n) is 3.41. The summed E-state index contributed by atoms with van der Waals surface area (Å²) in [5, 5.41) is 22.4. The van der Waals surface area contributed by atoms with E-state index in [4.69, 9.17) is 0 Å². The molecule has 0 aromatic carbocycles. The Morgan fingerprint density at radius 2 is 1.44 bits per heavy atom. The molecule has 0 aliphatic heterocycles. The van der Waals surface area contributed by atoms with Crippen LogP contribution in [0.25, 0.3) is 22.6 Å². The first-order valence-corrected chi connectivity index (χ1v) is 5.19. The summed E-state index contributed by atoms with van der Waals surface area (Å²) in [7, 11) is 0. The van der Waals surface area contributed by atoms with Gasteiger partial charge in [0, 0.05) is 11.8 Å². The van der Waals surface area contributed by atoms with Crippen LogP contribution in [-0.4, -0.2) is 35.8 Å². The van der Waals surface area contributed by atoms with Crippen LogP contribution in [0.5, 0.6) is 0 Å². The maximum Gasteiger partial charge on any atom is 0.115 e. The van der Waals surface area contributed by atoms with Crippen molar-refractivity contribution in [1.29, 1.82) is 0 Å². The van der Waals surface area contributed by atoms with Gasteiger partial charge in [0.25, 0.3) is 0 Å². The number of pyridine rings is 1. The van der Waals surface area contributed by atoms with E-state index in [-0.39, 0.29) is 0 Å². The standard InChI is InChI=1S/C11H7N7/c1-2-8(9-3-6-13-17-15-9)11(12-5-1)10-4-7-14-18-16-10/h1-7H. The lowest BCUT2D eigenvalue weighted by Gasteiger charge is -2.05. The van der Waals surface area contributed by atoms with Crippen molar-refractivity contribution in [3.8, 4) is 22.6 Å². The Morgan fingerprint density at radius 1 is 0.722 bits per heavy atom. The minimum absolute atomic E-state index is 0.638. The zero-order chi connectivity index (χ0) is 12.2. The van der Waals surface area contributed by atoms with Crippen molar-refractivity contribution in [3.05, 3.63) is 42.9 Å². The van der Waals surface area contributed by atoms with Gasteiger partial charge in [-0.1, -0.05) is 0 Å². The molecule has 0 atom stereocenters. The summed E-state index contributed by atoms with van der Waals surface area (Å²) in [6, 6.07) is 7.24. The van der Waals surface area contributed by atoms with Crippen molar-refractivity contribution in [3.63, 3.8) is 0 Å². The molecule has 7 nitrogen and oxygen atoms in total. The number of rotatable bonds is 2. The minimum atomic E-state index is 0.638. The second-order valence-corrected chi connectivity index (χ2v) is 3.41. The first-order valence-electron chi connectivity index (χ1n) is 5.19. The Labute approximate surface area is 102 Å². The van der Waals surface area contributed by atoms with Gasteiger partial charge in [0.05, 0.1) is 18.1 Å². The van der Waals surface area contributed by atoms with Crippen molar-refractivity contribution < 1.29 is 0 Å². The maximum absolute atomic E-state index is 4.31. The number of hydrogen-bond acceptors (Lipinski definition) is 7. The molecule has 3 heterocycles. The molecule has 0 fully saturated rings. The van der Waals surface area contributed by atoms with Crippen LogP contribution < -0.4 is 0 Å². The van der Waals surface area contributed by atoms with E-state index in [0.29, 0.717) is 17.1 Å². The van der Waals surface area contributed by atoms with Gasteiger partial charge < -0.3 is 0 Å². The van der Waals surface area contributed by atoms with Crippen molar-refractivity contribution in [1.82, 2.24) is 35.8 Å². The van der Waals surface area contributed by atoms with Crippen LogP contribution in [0.4, 0.5) is 0 Å². The molecular formula is C11H7N7. The monoisotopic (exact) mass is 237 g/mol. The van der Waals surface area contributed by atoms with Crippen LogP contribution in [0.1, 0.15) is 0 Å². The van der Waals surface area contributed by atoms with Gasteiger partial charge in [-0.25, -0.2) is 0 Å². The Morgan fingerprint density at radius 3 is 2.11 bits per heavy atom. The molecule has 0 saturated carbocycles. The second kappa shape index (κ2) is 4.58. The van der Waals surface area contributed by atoms with Crippen LogP contribution in [0.3, 0.4) is 0 Å². The Hall–Kier alpha value is -2.83. The fourth-order valence-electron chi connectivity index (χ4n) is 1.57. The molecule has 0 saturated heterocycles. The molecule has 3 aromatic rings. The van der Waals surface area contributed by atoms with E-state index in [1.54, 1.807) is 30.7 Å². The average molecular weight is 237 g/mol. The van der Waals surface area contributed by atoms with Gasteiger partial charge >= 0.3 is 0 Å². The third-order valence-electron chi connectivity index (χ3n) is 2.33. The first kappa shape index (κ1) is 10.3. The summed E-state index contributed by atoms with van der Waals surface area (Å²) in [5.41, 5.74) is 2.84. The minimum Gasteiger partial charge on any atom is -0.254 e. The lowest BCUT2D eigenvalue weighted by atomic mass is 10.1. The summed E-state index contributed by atoms with van der Waals surface area (Å²) in [5.74, 6) is 0. The van der Waals surface area contributed by atoms with Crippen molar-refractivity contribution in [2.75, 3.05) is 0 Å². The molecular weight excluding hydrogens is 230 g/mol. The summed E-state index contributed by atoms with van der Waals surface area (Å²) in [6.45, 7) is 0. The Balaban J connectivity index is 2.18. The molecule has 0 spiro atoms. The molecule has 0 N–H and O–H groups in total. The van der Waals surface area contributed by atoms with E-state index in [0.717, 1.165) is 5.56 Å². The molecule has 0 bridgehead atoms. The molecule has 0 radical (unpaired) electrons. The molecule has 0 aliphatic rings. The smallest absolute Gasteiger partial charge is 0.115 e. The Kier molecular flexibility index (Phi) is 2.63. The van der Waals surface area contributed by atoms with E-state index < -0.39 is 0 Å². The van der Waals surface area contributed by atoms with Crippen molar-refractivity contribution in [2.45, 2.75) is 0 Å². The van der Waals surface area contributed by atoms with Crippen LogP contribution in [-0.2, 0) is 0 Å². The number of aromatic nitrogens is 7. The predicted octanol–water partition coefficient (Wildman–Crippen LogP) is 0.786. The highest BCUT2D eigenvalue weighted by atomic mass is 15.3. The van der Waals surface area contributed by atoms with Crippen molar-refractivity contribution >= 4 is 0 Å².